The summed E-state index contributed by atoms with van der Waals surface area (Å²) < 4.78 is 129. The molecule has 0 amide bonds. The van der Waals surface area contributed by atoms with E-state index in [4.69, 9.17) is 9.11 Å². The van der Waals surface area contributed by atoms with E-state index in [1.54, 1.807) is 0 Å². The molecular weight excluding hydrogens is 908 g/mol. The molecule has 0 aliphatic heterocycles. The number of phenols is 2. The van der Waals surface area contributed by atoms with E-state index in [-0.39, 0.29) is 27.8 Å². The van der Waals surface area contributed by atoms with Crippen LogP contribution in [0.2, 0.25) is 0 Å². The summed E-state index contributed by atoms with van der Waals surface area (Å²) in [5.74, 6) is -1.92. The average molecular weight is 965 g/mol. The molecule has 0 saturated heterocycles. The van der Waals surface area contributed by atoms with Crippen LogP contribution in [0.15, 0.2) is 68.4 Å². The number of rotatable bonds is 12. The van der Waals surface area contributed by atoms with Gasteiger partial charge in [-0.1, -0.05) is 55.4 Å². The second-order valence-electron chi connectivity index (χ2n) is 10.9. The van der Waals surface area contributed by atoms with E-state index >= 15 is 0 Å². The van der Waals surface area contributed by atoms with Gasteiger partial charge in [0, 0.05) is 23.2 Å². The molecule has 4 aromatic rings. The minimum atomic E-state index is -5.12. The number of fused-ring (bicyclic) bond motifs is 2. The molecule has 0 unspecified atom stereocenters. The molecule has 4 rings (SSSR count). The number of phenolic OH excluding ortho intramolecular Hbond substituents is 2. The van der Waals surface area contributed by atoms with E-state index in [9.17, 15) is 53.0 Å². The normalized spacial score (nSPS) is 11.1. The zero-order chi connectivity index (χ0) is 45.3. The Labute approximate surface area is 358 Å². The second kappa shape index (κ2) is 30.0. The van der Waals surface area contributed by atoms with Gasteiger partial charge in [0.1, 0.15) is 41.1 Å². The molecule has 2 aromatic carbocycles. The van der Waals surface area contributed by atoms with Crippen LogP contribution < -0.4 is 21.3 Å². The Bertz CT molecular complexity index is 2100. The number of aromatic hydroxyl groups is 2. The molecule has 0 aliphatic carbocycles. The van der Waals surface area contributed by atoms with Crippen LogP contribution in [-0.2, 0) is 57.5 Å². The molecule has 341 valence electrons. The summed E-state index contributed by atoms with van der Waals surface area (Å²) in [6, 6.07) is 5.84. The summed E-state index contributed by atoms with van der Waals surface area (Å²) in [5.41, 5.74) is -0.820. The molecule has 2 heterocycles. The van der Waals surface area contributed by atoms with Gasteiger partial charge in [0.05, 0.1) is 9.79 Å². The molecule has 0 bridgehead atoms. The van der Waals surface area contributed by atoms with Gasteiger partial charge >= 0.3 is 17.1 Å². The molecule has 0 fully saturated rings. The number of pyridine rings is 2. The summed E-state index contributed by atoms with van der Waals surface area (Å²) in [6.07, 6.45) is 2.33. The summed E-state index contributed by atoms with van der Waals surface area (Å²) in [6.45, 7) is 25.6. The van der Waals surface area contributed by atoms with Crippen LogP contribution in [0.5, 0.6) is 11.5 Å². The summed E-state index contributed by atoms with van der Waals surface area (Å²) in [5, 5.41) is 31.4. The number of hydrogen-bond acceptors (Lipinski definition) is 18. The van der Waals surface area contributed by atoms with E-state index in [2.05, 4.69) is 86.6 Å². The third-order valence-corrected chi connectivity index (χ3v) is 10.2. The fraction of sp³-hybridized carbons (Fsp3) is 0.471. The van der Waals surface area contributed by atoms with E-state index in [0.717, 1.165) is 64.8 Å². The van der Waals surface area contributed by atoms with Gasteiger partial charge in [0.2, 0.25) is 0 Å². The van der Waals surface area contributed by atoms with Gasteiger partial charge in [0.15, 0.2) is 11.5 Å². The fourth-order valence-corrected chi connectivity index (χ4v) is 6.92. The van der Waals surface area contributed by atoms with Gasteiger partial charge in [-0.05, 0) is 88.8 Å². The van der Waals surface area contributed by atoms with Crippen molar-refractivity contribution in [1.82, 2.24) is 31.2 Å². The van der Waals surface area contributed by atoms with Crippen molar-refractivity contribution >= 4 is 62.3 Å². The van der Waals surface area contributed by atoms with Crippen molar-refractivity contribution in [2.45, 2.75) is 75.0 Å². The topological polar surface area (TPSA) is 338 Å². The van der Waals surface area contributed by atoms with Crippen molar-refractivity contribution in [2.24, 2.45) is 0 Å². The van der Waals surface area contributed by atoms with Gasteiger partial charge in [-0.25, -0.2) is 16.8 Å². The molecular formula is C34H56CuN6O14S4. The first-order chi connectivity index (χ1) is 26.9. The number of benzene rings is 2. The van der Waals surface area contributed by atoms with Crippen LogP contribution in [0.1, 0.15) is 55.4 Å². The Morgan fingerprint density at radius 2 is 0.729 bits per heavy atom. The van der Waals surface area contributed by atoms with Crippen LogP contribution in [-0.4, -0.2) is 124 Å². The standard InChI is InChI=1S/2C9H7NO7S2.4C4H11N.Cu/c2*11-9-7(19(15,16)17)4-6(18(12,13)14)5-2-1-3-10-8(5)9;4*1-3-5-4-2;/h2*1-4,11H,(H,12,13,14)(H,15,16,17);4*5H,3-4H2,1-2H3;/q;;;;;;+2/p-2. The third-order valence-electron chi connectivity index (χ3n) is 6.68. The molecule has 0 aliphatic rings. The predicted molar refractivity (Wildman–Crippen MR) is 219 cm³/mol. The smallest absolute Gasteiger partial charge is 0.744 e. The van der Waals surface area contributed by atoms with Crippen molar-refractivity contribution in [2.75, 3.05) is 52.4 Å². The van der Waals surface area contributed by atoms with Gasteiger partial charge in [-0.3, -0.25) is 19.1 Å². The number of nitrogens with zero attached hydrogens (tertiary/aromatic N) is 2. The van der Waals surface area contributed by atoms with Crippen molar-refractivity contribution in [3.05, 3.63) is 48.8 Å². The molecule has 25 heteroatoms. The second-order valence-corrected chi connectivity index (χ2v) is 16.4. The molecule has 0 spiro atoms. The third kappa shape index (κ3) is 22.3. The zero-order valence-corrected chi connectivity index (χ0v) is 38.2. The maximum atomic E-state index is 11.2. The van der Waals surface area contributed by atoms with Crippen molar-refractivity contribution in [1.29, 1.82) is 0 Å². The van der Waals surface area contributed by atoms with Crippen LogP contribution in [0.25, 0.3) is 21.8 Å². The summed E-state index contributed by atoms with van der Waals surface area (Å²) in [4.78, 5) is 3.25. The Morgan fingerprint density at radius 3 is 0.898 bits per heavy atom. The number of hydrogen-bond donors (Lipinski definition) is 8. The van der Waals surface area contributed by atoms with Crippen molar-refractivity contribution < 1.29 is 79.2 Å². The predicted octanol–water partition coefficient (Wildman–Crippen LogP) is 2.64. The van der Waals surface area contributed by atoms with Crippen molar-refractivity contribution in [3.63, 3.8) is 0 Å². The first-order valence-corrected chi connectivity index (χ1v) is 23.5. The monoisotopic (exact) mass is 963 g/mol. The van der Waals surface area contributed by atoms with Gasteiger partial charge < -0.3 is 40.6 Å². The van der Waals surface area contributed by atoms with Crippen LogP contribution in [0, 0.1) is 0 Å². The Kier molecular flexibility index (Phi) is 30.6. The van der Waals surface area contributed by atoms with Gasteiger partial charge in [-0.2, -0.15) is 16.8 Å². The summed E-state index contributed by atoms with van der Waals surface area (Å²) in [7, 11) is -19.8. The maximum Gasteiger partial charge on any atom is 2.00 e. The molecule has 59 heavy (non-hydrogen) atoms. The minimum absolute atomic E-state index is 0. The van der Waals surface area contributed by atoms with E-state index in [1.807, 2.05) is 0 Å². The van der Waals surface area contributed by atoms with Crippen molar-refractivity contribution in [3.8, 4) is 11.5 Å². The SMILES string of the molecule is CCNCC.CCNCC.CCNCC.CCNCC.O=S(=O)([O-])c1cc(S(=O)(=O)O)c2cccnc2c1O.O=S(=O)([O-])c1cc(S(=O)(=O)O)c2cccnc2c1O.[Cu+2]. The largest absolute Gasteiger partial charge is 2.00 e. The van der Waals surface area contributed by atoms with Crippen LogP contribution >= 0.6 is 0 Å². The van der Waals surface area contributed by atoms with E-state index in [0.29, 0.717) is 12.1 Å². The zero-order valence-electron chi connectivity index (χ0n) is 34.0. The van der Waals surface area contributed by atoms with Crippen LogP contribution in [0.3, 0.4) is 0 Å². The Balaban J connectivity index is -0.000000726. The number of nitrogens with one attached hydrogen (secondary N) is 4. The molecule has 0 saturated carbocycles. The number of aromatic nitrogens is 2. The first-order valence-electron chi connectivity index (χ1n) is 17.8. The maximum absolute atomic E-state index is 11.2. The van der Waals surface area contributed by atoms with Gasteiger partial charge in [0.25, 0.3) is 20.2 Å². The molecule has 1 radical (unpaired) electrons. The Hall–Kier alpha value is -3.14. The summed E-state index contributed by atoms with van der Waals surface area (Å²) >= 11 is 0. The molecule has 2 aromatic heterocycles. The van der Waals surface area contributed by atoms with Gasteiger partial charge in [-0.15, -0.1) is 0 Å². The van der Waals surface area contributed by atoms with E-state index < -0.39 is 82.6 Å². The molecule has 0 atom stereocenters. The molecule has 20 nitrogen and oxygen atoms in total. The quantitative estimate of drug-likeness (QED) is 0.0747. The van der Waals surface area contributed by atoms with E-state index in [1.165, 1.54) is 24.3 Å². The first kappa shape index (κ1) is 60.2. The fourth-order valence-electron chi connectivity index (χ4n) is 4.16. The Morgan fingerprint density at radius 1 is 0.492 bits per heavy atom. The van der Waals surface area contributed by atoms with Crippen LogP contribution in [0.4, 0.5) is 0 Å². The average Bonchev–Trinajstić information content (AvgIpc) is 3.13. The minimum Gasteiger partial charge on any atom is -0.744 e. The molecule has 8 N–H and O–H groups in total.